The van der Waals surface area contributed by atoms with Crippen molar-refractivity contribution in [2.75, 3.05) is 14.2 Å². The van der Waals surface area contributed by atoms with Crippen LogP contribution in [-0.4, -0.2) is 29.8 Å². The molecule has 0 unspecified atom stereocenters. The lowest BCUT2D eigenvalue weighted by Crippen LogP contribution is -1.98. The van der Waals surface area contributed by atoms with Crippen LogP contribution >= 0.6 is 0 Å². The van der Waals surface area contributed by atoms with E-state index in [-0.39, 0.29) is 5.78 Å². The van der Waals surface area contributed by atoms with E-state index in [1.807, 2.05) is 37.7 Å². The third-order valence-electron chi connectivity index (χ3n) is 4.41. The zero-order valence-corrected chi connectivity index (χ0v) is 14.1. The van der Waals surface area contributed by atoms with Crippen LogP contribution < -0.4 is 9.47 Å². The number of ether oxygens (including phenoxy) is 2. The van der Waals surface area contributed by atoms with E-state index in [9.17, 15) is 4.79 Å². The Morgan fingerprint density at radius 1 is 1.17 bits per heavy atom. The lowest BCUT2D eigenvalue weighted by Gasteiger charge is -2.08. The first kappa shape index (κ1) is 15.3. The fourth-order valence-electron chi connectivity index (χ4n) is 3.03. The van der Waals surface area contributed by atoms with Crippen LogP contribution in [0.3, 0.4) is 0 Å². The number of fused-ring (bicyclic) bond motifs is 1. The second kappa shape index (κ2) is 5.57. The van der Waals surface area contributed by atoms with Crippen LogP contribution in [0, 0.1) is 13.8 Å². The van der Waals surface area contributed by atoms with E-state index in [0.717, 1.165) is 28.1 Å². The van der Waals surface area contributed by atoms with Crippen molar-refractivity contribution >= 4 is 11.9 Å². The molecule has 1 heterocycles. The van der Waals surface area contributed by atoms with Crippen LogP contribution in [0.15, 0.2) is 17.7 Å². The van der Waals surface area contributed by atoms with Crippen molar-refractivity contribution in [1.29, 1.82) is 0 Å². The summed E-state index contributed by atoms with van der Waals surface area (Å²) in [5, 5.41) is 4.40. The molecule has 2 aromatic rings. The number of carbonyl (C=O) groups excluding carboxylic acids is 1. The molecule has 1 aliphatic carbocycles. The minimum atomic E-state index is 0.0450. The summed E-state index contributed by atoms with van der Waals surface area (Å²) < 4.78 is 12.5. The standard InChI is InChI=1S/C18H20N2O3/c1-10-14(11(2)20(3)19-10)7-13-6-12-8-16(22-4)17(23-5)9-15(12)18(13)21/h7-9H,6H2,1-5H3/b13-7+. The number of hydrogen-bond donors (Lipinski definition) is 0. The molecule has 0 radical (unpaired) electrons. The molecule has 0 bridgehead atoms. The van der Waals surface area contributed by atoms with Gasteiger partial charge in [0, 0.05) is 35.9 Å². The predicted molar refractivity (Wildman–Crippen MR) is 88.2 cm³/mol. The highest BCUT2D eigenvalue weighted by Crippen LogP contribution is 2.37. The second-order valence-electron chi connectivity index (χ2n) is 5.75. The number of aromatic nitrogens is 2. The first-order chi connectivity index (χ1) is 11.0. The number of nitrogens with zero attached hydrogens (tertiary/aromatic N) is 2. The van der Waals surface area contributed by atoms with Gasteiger partial charge in [0.2, 0.25) is 0 Å². The topological polar surface area (TPSA) is 53.4 Å². The maximum atomic E-state index is 12.7. The summed E-state index contributed by atoms with van der Waals surface area (Å²) in [5.74, 6) is 1.27. The van der Waals surface area contributed by atoms with Gasteiger partial charge in [0.1, 0.15) is 0 Å². The Kier molecular flexibility index (Phi) is 3.72. The number of aryl methyl sites for hydroxylation is 2. The Morgan fingerprint density at radius 3 is 2.39 bits per heavy atom. The van der Waals surface area contributed by atoms with Crippen molar-refractivity contribution in [2.24, 2.45) is 7.05 Å². The lowest BCUT2D eigenvalue weighted by atomic mass is 10.1. The molecule has 1 aromatic carbocycles. The molecular weight excluding hydrogens is 292 g/mol. The van der Waals surface area contributed by atoms with Crippen LogP contribution in [0.5, 0.6) is 11.5 Å². The first-order valence-corrected chi connectivity index (χ1v) is 7.46. The molecule has 0 fully saturated rings. The Morgan fingerprint density at radius 2 is 1.83 bits per heavy atom. The van der Waals surface area contributed by atoms with Crippen molar-refractivity contribution in [3.8, 4) is 11.5 Å². The molecule has 0 N–H and O–H groups in total. The maximum absolute atomic E-state index is 12.7. The number of hydrogen-bond acceptors (Lipinski definition) is 4. The van der Waals surface area contributed by atoms with Gasteiger partial charge in [-0.05, 0) is 37.6 Å². The third-order valence-corrected chi connectivity index (χ3v) is 4.41. The molecule has 0 aliphatic heterocycles. The summed E-state index contributed by atoms with van der Waals surface area (Å²) in [6, 6.07) is 3.65. The van der Waals surface area contributed by atoms with Gasteiger partial charge in [0.05, 0.1) is 19.9 Å². The predicted octanol–water partition coefficient (Wildman–Crippen LogP) is 2.88. The Balaban J connectivity index is 2.05. The summed E-state index contributed by atoms with van der Waals surface area (Å²) in [4.78, 5) is 12.7. The van der Waals surface area contributed by atoms with E-state index in [2.05, 4.69) is 5.10 Å². The number of methoxy groups -OCH3 is 2. The quantitative estimate of drug-likeness (QED) is 0.818. The van der Waals surface area contributed by atoms with Crippen molar-refractivity contribution in [3.05, 3.63) is 45.8 Å². The minimum absolute atomic E-state index is 0.0450. The molecule has 5 heteroatoms. The highest BCUT2D eigenvalue weighted by Gasteiger charge is 2.27. The summed E-state index contributed by atoms with van der Waals surface area (Å²) in [5.41, 5.74) is 5.42. The van der Waals surface area contributed by atoms with Gasteiger partial charge in [-0.3, -0.25) is 9.48 Å². The molecule has 0 amide bonds. The lowest BCUT2D eigenvalue weighted by molar-refractivity contribution is 0.104. The van der Waals surface area contributed by atoms with Gasteiger partial charge in [-0.25, -0.2) is 0 Å². The van der Waals surface area contributed by atoms with Crippen molar-refractivity contribution in [1.82, 2.24) is 9.78 Å². The monoisotopic (exact) mass is 312 g/mol. The zero-order chi connectivity index (χ0) is 16.7. The molecule has 1 aromatic heterocycles. The molecule has 23 heavy (non-hydrogen) atoms. The fourth-order valence-corrected chi connectivity index (χ4v) is 3.03. The van der Waals surface area contributed by atoms with Crippen LogP contribution in [-0.2, 0) is 13.5 Å². The molecule has 0 atom stereocenters. The highest BCUT2D eigenvalue weighted by molar-refractivity contribution is 6.16. The number of rotatable bonds is 3. The SMILES string of the molecule is COc1cc2c(cc1OC)C(=O)/C(=C/c1c(C)nn(C)c1C)C2. The highest BCUT2D eigenvalue weighted by atomic mass is 16.5. The van der Waals surface area contributed by atoms with Crippen molar-refractivity contribution < 1.29 is 14.3 Å². The summed E-state index contributed by atoms with van der Waals surface area (Å²) in [7, 11) is 5.08. The van der Waals surface area contributed by atoms with Gasteiger partial charge in [-0.15, -0.1) is 0 Å². The molecule has 0 spiro atoms. The molecule has 0 saturated heterocycles. The van der Waals surface area contributed by atoms with Gasteiger partial charge in [0.25, 0.3) is 0 Å². The Hall–Kier alpha value is -2.56. The third kappa shape index (κ3) is 2.42. The summed E-state index contributed by atoms with van der Waals surface area (Å²) in [6.45, 7) is 3.96. The number of carbonyl (C=O) groups is 1. The maximum Gasteiger partial charge on any atom is 0.189 e. The molecule has 0 saturated carbocycles. The van der Waals surface area contributed by atoms with Crippen molar-refractivity contribution in [3.63, 3.8) is 0 Å². The summed E-state index contributed by atoms with van der Waals surface area (Å²) in [6.07, 6.45) is 2.56. The number of Topliss-reactive ketones (excluding diaryl/α,β-unsaturated/α-hetero) is 1. The molecule has 5 nitrogen and oxygen atoms in total. The Bertz CT molecular complexity index is 831. The number of ketones is 1. The van der Waals surface area contributed by atoms with Gasteiger partial charge in [-0.2, -0.15) is 5.10 Å². The number of allylic oxidation sites excluding steroid dienone is 1. The number of benzene rings is 1. The van der Waals surface area contributed by atoms with Gasteiger partial charge >= 0.3 is 0 Å². The van der Waals surface area contributed by atoms with E-state index in [1.54, 1.807) is 20.3 Å². The van der Waals surface area contributed by atoms with E-state index >= 15 is 0 Å². The Labute approximate surface area is 135 Å². The summed E-state index contributed by atoms with van der Waals surface area (Å²) >= 11 is 0. The molecule has 120 valence electrons. The van der Waals surface area contributed by atoms with Crippen LogP contribution in [0.2, 0.25) is 0 Å². The van der Waals surface area contributed by atoms with Crippen LogP contribution in [0.4, 0.5) is 0 Å². The van der Waals surface area contributed by atoms with Crippen molar-refractivity contribution in [2.45, 2.75) is 20.3 Å². The smallest absolute Gasteiger partial charge is 0.189 e. The first-order valence-electron chi connectivity index (χ1n) is 7.46. The van der Waals surface area contributed by atoms with E-state index in [4.69, 9.17) is 9.47 Å². The van der Waals surface area contributed by atoms with Crippen LogP contribution in [0.1, 0.15) is 32.9 Å². The van der Waals surface area contributed by atoms with Gasteiger partial charge in [-0.1, -0.05) is 0 Å². The normalized spacial score (nSPS) is 15.2. The van der Waals surface area contributed by atoms with E-state index < -0.39 is 0 Å². The minimum Gasteiger partial charge on any atom is -0.493 e. The van der Waals surface area contributed by atoms with Gasteiger partial charge in [0.15, 0.2) is 17.3 Å². The molecular formula is C18H20N2O3. The average molecular weight is 312 g/mol. The van der Waals surface area contributed by atoms with E-state index in [0.29, 0.717) is 23.5 Å². The molecule has 3 rings (SSSR count). The van der Waals surface area contributed by atoms with Gasteiger partial charge < -0.3 is 9.47 Å². The van der Waals surface area contributed by atoms with Crippen LogP contribution in [0.25, 0.3) is 6.08 Å². The largest absolute Gasteiger partial charge is 0.493 e. The zero-order valence-electron chi connectivity index (χ0n) is 14.1. The average Bonchev–Trinajstić information content (AvgIpc) is 2.97. The second-order valence-corrected chi connectivity index (χ2v) is 5.75. The fraction of sp³-hybridized carbons (Fsp3) is 0.333. The van der Waals surface area contributed by atoms with E-state index in [1.165, 1.54) is 0 Å². The molecule has 1 aliphatic rings.